The van der Waals surface area contributed by atoms with Crippen molar-refractivity contribution in [2.75, 3.05) is 7.11 Å². The normalized spacial score (nSPS) is 11.8. The number of carbonyl (C=O) groups is 1. The lowest BCUT2D eigenvalue weighted by atomic mass is 10.1. The summed E-state index contributed by atoms with van der Waals surface area (Å²) in [6.07, 6.45) is 4.17. The number of ether oxygens (including phenoxy) is 1. The Hall–Kier alpha value is -3.10. The number of amides is 1. The van der Waals surface area contributed by atoms with E-state index in [1.807, 2.05) is 0 Å². The molecule has 3 rings (SSSR count). The van der Waals surface area contributed by atoms with Gasteiger partial charge in [0.2, 0.25) is 0 Å². The molecule has 7 nitrogen and oxygen atoms in total. The Labute approximate surface area is 150 Å². The van der Waals surface area contributed by atoms with Gasteiger partial charge < -0.3 is 4.74 Å². The number of hydroxylamine groups is 1. The molecule has 8 heteroatoms. The molecule has 134 valence electrons. The second kappa shape index (κ2) is 7.03. The number of nitrogens with zero attached hydrogens (tertiary/aromatic N) is 1. The van der Waals surface area contributed by atoms with Gasteiger partial charge in [-0.25, -0.2) is 17.9 Å². The van der Waals surface area contributed by atoms with Crippen LogP contribution in [-0.4, -0.2) is 30.6 Å². The van der Waals surface area contributed by atoms with Gasteiger partial charge in [-0.2, -0.15) is 0 Å². The van der Waals surface area contributed by atoms with Crippen LogP contribution in [0.5, 0.6) is 5.75 Å². The van der Waals surface area contributed by atoms with Crippen molar-refractivity contribution in [3.8, 4) is 5.75 Å². The first-order valence-corrected chi connectivity index (χ1v) is 9.02. The Morgan fingerprint density at radius 1 is 1.15 bits per heavy atom. The molecular weight excluding hydrogens is 356 g/mol. The van der Waals surface area contributed by atoms with Crippen molar-refractivity contribution in [2.24, 2.45) is 0 Å². The van der Waals surface area contributed by atoms with Gasteiger partial charge >= 0.3 is 0 Å². The number of hydrogen-bond acceptors (Lipinski definition) is 5. The Morgan fingerprint density at radius 2 is 1.88 bits per heavy atom. The number of carbonyl (C=O) groups excluding carboxylic acids is 1. The molecule has 0 saturated heterocycles. The molecule has 3 aromatic rings. The van der Waals surface area contributed by atoms with Crippen LogP contribution < -0.4 is 10.2 Å². The van der Waals surface area contributed by atoms with Crippen molar-refractivity contribution < 1.29 is 23.2 Å². The van der Waals surface area contributed by atoms with Crippen LogP contribution in [0.15, 0.2) is 65.7 Å². The monoisotopic (exact) mass is 372 g/mol. The molecule has 2 aromatic carbocycles. The van der Waals surface area contributed by atoms with Crippen molar-refractivity contribution in [1.29, 1.82) is 0 Å². The zero-order valence-electron chi connectivity index (χ0n) is 13.8. The Balaban J connectivity index is 2.00. The molecule has 1 heterocycles. The fraction of sp³-hybridized carbons (Fsp3) is 0.0556. The van der Waals surface area contributed by atoms with E-state index in [4.69, 9.17) is 9.94 Å². The summed E-state index contributed by atoms with van der Waals surface area (Å²) in [4.78, 5) is 11.2. The number of aromatic nitrogens is 1. The standard InChI is InChI=1S/C18H16N2O5S/c1-25-15-4-6-16(7-5-15)26(23,24)20-11-10-14-12-13(2-8-17(14)20)3-9-18(21)19-22/h2-12,22H,1H3,(H,19,21). The lowest BCUT2D eigenvalue weighted by Crippen LogP contribution is -2.14. The largest absolute Gasteiger partial charge is 0.497 e. The van der Waals surface area contributed by atoms with Gasteiger partial charge in [-0.15, -0.1) is 0 Å². The van der Waals surface area contributed by atoms with Crippen LogP contribution in [0, 0.1) is 0 Å². The predicted octanol–water partition coefficient (Wildman–Crippen LogP) is 2.41. The third-order valence-electron chi connectivity index (χ3n) is 3.83. The van der Waals surface area contributed by atoms with Gasteiger partial charge in [0.05, 0.1) is 17.5 Å². The summed E-state index contributed by atoms with van der Waals surface area (Å²) in [6, 6.07) is 12.9. The van der Waals surface area contributed by atoms with E-state index in [1.165, 1.54) is 47.0 Å². The highest BCUT2D eigenvalue weighted by Crippen LogP contribution is 2.24. The highest BCUT2D eigenvalue weighted by atomic mass is 32.2. The van der Waals surface area contributed by atoms with Gasteiger partial charge in [0.1, 0.15) is 5.75 Å². The number of nitrogens with one attached hydrogen (secondary N) is 1. The molecular formula is C18H16N2O5S. The summed E-state index contributed by atoms with van der Waals surface area (Å²) in [6.45, 7) is 0. The molecule has 0 bridgehead atoms. The van der Waals surface area contributed by atoms with Gasteiger partial charge in [-0.05, 0) is 54.1 Å². The topological polar surface area (TPSA) is 97.6 Å². The Morgan fingerprint density at radius 3 is 2.54 bits per heavy atom. The highest BCUT2D eigenvalue weighted by Gasteiger charge is 2.18. The molecule has 0 aliphatic carbocycles. The SMILES string of the molecule is COc1ccc(S(=O)(=O)n2ccc3cc(C=CC(=O)NO)ccc32)cc1. The van der Waals surface area contributed by atoms with E-state index >= 15 is 0 Å². The fourth-order valence-corrected chi connectivity index (χ4v) is 3.87. The second-order valence-corrected chi connectivity index (χ2v) is 7.23. The van der Waals surface area contributed by atoms with Crippen LogP contribution in [0.25, 0.3) is 17.0 Å². The van der Waals surface area contributed by atoms with Crippen molar-refractivity contribution in [3.05, 3.63) is 66.4 Å². The minimum atomic E-state index is -3.74. The van der Waals surface area contributed by atoms with E-state index < -0.39 is 15.9 Å². The molecule has 1 aromatic heterocycles. The first-order chi connectivity index (χ1) is 12.5. The van der Waals surface area contributed by atoms with E-state index in [0.717, 1.165) is 0 Å². The van der Waals surface area contributed by atoms with Gasteiger partial charge in [-0.1, -0.05) is 6.07 Å². The molecule has 0 atom stereocenters. The van der Waals surface area contributed by atoms with E-state index in [-0.39, 0.29) is 4.90 Å². The van der Waals surface area contributed by atoms with Crippen molar-refractivity contribution in [1.82, 2.24) is 9.45 Å². The van der Waals surface area contributed by atoms with Crippen LogP contribution in [0.4, 0.5) is 0 Å². The molecule has 0 fully saturated rings. The van der Waals surface area contributed by atoms with Crippen LogP contribution in [0.2, 0.25) is 0 Å². The van der Waals surface area contributed by atoms with Gasteiger partial charge in [0.25, 0.3) is 15.9 Å². The highest BCUT2D eigenvalue weighted by molar-refractivity contribution is 7.90. The maximum atomic E-state index is 12.9. The van der Waals surface area contributed by atoms with E-state index in [1.54, 1.807) is 36.4 Å². The first-order valence-electron chi connectivity index (χ1n) is 7.58. The quantitative estimate of drug-likeness (QED) is 0.407. The Bertz CT molecular complexity index is 1080. The zero-order valence-corrected chi connectivity index (χ0v) is 14.6. The molecule has 26 heavy (non-hydrogen) atoms. The molecule has 0 radical (unpaired) electrons. The maximum absolute atomic E-state index is 12.9. The van der Waals surface area contributed by atoms with Crippen molar-refractivity contribution in [2.45, 2.75) is 4.90 Å². The minimum Gasteiger partial charge on any atom is -0.497 e. The number of fused-ring (bicyclic) bond motifs is 1. The molecule has 0 aliphatic rings. The number of hydrogen-bond donors (Lipinski definition) is 2. The summed E-state index contributed by atoms with van der Waals surface area (Å²) in [5, 5.41) is 9.19. The van der Waals surface area contributed by atoms with Crippen LogP contribution in [0.1, 0.15) is 5.56 Å². The summed E-state index contributed by atoms with van der Waals surface area (Å²) in [5.74, 6) is -0.0746. The van der Waals surface area contributed by atoms with Gasteiger partial charge in [-0.3, -0.25) is 10.0 Å². The maximum Gasteiger partial charge on any atom is 0.268 e. The molecule has 0 unspecified atom stereocenters. The van der Waals surface area contributed by atoms with Crippen LogP contribution in [0.3, 0.4) is 0 Å². The summed E-state index contributed by atoms with van der Waals surface area (Å²) >= 11 is 0. The number of benzene rings is 2. The van der Waals surface area contributed by atoms with E-state index in [2.05, 4.69) is 0 Å². The zero-order chi connectivity index (χ0) is 18.7. The summed E-state index contributed by atoms with van der Waals surface area (Å²) in [5.41, 5.74) is 2.72. The average Bonchev–Trinajstić information content (AvgIpc) is 3.10. The molecule has 2 N–H and O–H groups in total. The molecule has 0 spiro atoms. The van der Waals surface area contributed by atoms with Gasteiger partial charge in [0.15, 0.2) is 0 Å². The molecule has 0 saturated carbocycles. The van der Waals surface area contributed by atoms with Gasteiger partial charge in [0, 0.05) is 17.7 Å². The first kappa shape index (κ1) is 17.7. The van der Waals surface area contributed by atoms with Crippen molar-refractivity contribution in [3.63, 3.8) is 0 Å². The lowest BCUT2D eigenvalue weighted by molar-refractivity contribution is -0.124. The summed E-state index contributed by atoms with van der Waals surface area (Å²) in [7, 11) is -2.23. The molecule has 0 aliphatic heterocycles. The number of rotatable bonds is 5. The van der Waals surface area contributed by atoms with Crippen molar-refractivity contribution >= 4 is 32.9 Å². The van der Waals surface area contributed by atoms with Crippen LogP contribution >= 0.6 is 0 Å². The second-order valence-electron chi connectivity index (χ2n) is 5.42. The number of methoxy groups -OCH3 is 1. The third-order valence-corrected chi connectivity index (χ3v) is 5.54. The predicted molar refractivity (Wildman–Crippen MR) is 96.5 cm³/mol. The van der Waals surface area contributed by atoms with E-state index in [9.17, 15) is 13.2 Å². The Kier molecular flexibility index (Phi) is 4.79. The average molecular weight is 372 g/mol. The fourth-order valence-electron chi connectivity index (χ4n) is 2.52. The summed E-state index contributed by atoms with van der Waals surface area (Å²) < 4.78 is 32.0. The van der Waals surface area contributed by atoms with Crippen LogP contribution in [-0.2, 0) is 14.8 Å². The lowest BCUT2D eigenvalue weighted by Gasteiger charge is -2.08. The molecule has 1 amide bonds. The minimum absolute atomic E-state index is 0.152. The smallest absolute Gasteiger partial charge is 0.268 e. The van der Waals surface area contributed by atoms with E-state index in [0.29, 0.717) is 22.2 Å². The third kappa shape index (κ3) is 3.32.